The van der Waals surface area contributed by atoms with E-state index in [1.54, 1.807) is 11.3 Å². The molecule has 6 heteroatoms. The molecular weight excluding hydrogens is 263 g/mol. The van der Waals surface area contributed by atoms with Gasteiger partial charge in [-0.15, -0.1) is 11.3 Å². The van der Waals surface area contributed by atoms with E-state index >= 15 is 0 Å². The van der Waals surface area contributed by atoms with E-state index < -0.39 is 12.8 Å². The molecule has 1 atom stereocenters. The van der Waals surface area contributed by atoms with Crippen molar-refractivity contribution in [1.82, 2.24) is 5.32 Å². The zero-order valence-electron chi connectivity index (χ0n) is 10.3. The van der Waals surface area contributed by atoms with E-state index in [4.69, 9.17) is 0 Å². The third-order valence-electron chi connectivity index (χ3n) is 2.31. The van der Waals surface area contributed by atoms with Crippen molar-refractivity contribution >= 4 is 11.3 Å². The lowest BCUT2D eigenvalue weighted by Crippen LogP contribution is -2.29. The molecule has 104 valence electrons. The molecule has 0 spiro atoms. The van der Waals surface area contributed by atoms with E-state index in [0.29, 0.717) is 19.0 Å². The minimum Gasteiger partial charge on any atom is -0.372 e. The van der Waals surface area contributed by atoms with Crippen molar-refractivity contribution in [3.8, 4) is 0 Å². The summed E-state index contributed by atoms with van der Waals surface area (Å²) in [5, 5.41) is 5.30. The Morgan fingerprint density at radius 2 is 2.22 bits per heavy atom. The van der Waals surface area contributed by atoms with Gasteiger partial charge in [-0.3, -0.25) is 0 Å². The number of alkyl halides is 3. The van der Waals surface area contributed by atoms with Gasteiger partial charge in [0.1, 0.15) is 6.61 Å². The molecule has 0 saturated carbocycles. The smallest absolute Gasteiger partial charge is 0.372 e. The highest BCUT2D eigenvalue weighted by molar-refractivity contribution is 7.09. The summed E-state index contributed by atoms with van der Waals surface area (Å²) in [6, 6.07) is 4.42. The van der Waals surface area contributed by atoms with Gasteiger partial charge in [0.15, 0.2) is 0 Å². The molecule has 0 aliphatic heterocycles. The average molecular weight is 281 g/mol. The number of nitrogens with one attached hydrogen (secondary N) is 1. The number of halogens is 3. The average Bonchev–Trinajstić information content (AvgIpc) is 2.74. The van der Waals surface area contributed by atoms with Crippen LogP contribution in [0.25, 0.3) is 0 Å². The van der Waals surface area contributed by atoms with Crippen LogP contribution in [0.4, 0.5) is 13.2 Å². The van der Waals surface area contributed by atoms with Crippen LogP contribution < -0.4 is 5.32 Å². The molecule has 1 N–H and O–H groups in total. The molecule has 0 saturated heterocycles. The molecule has 2 nitrogen and oxygen atoms in total. The van der Waals surface area contributed by atoms with Gasteiger partial charge in [0.25, 0.3) is 0 Å². The topological polar surface area (TPSA) is 21.3 Å². The maximum absolute atomic E-state index is 11.8. The van der Waals surface area contributed by atoms with Crippen LogP contribution in [-0.4, -0.2) is 32.0 Å². The van der Waals surface area contributed by atoms with Gasteiger partial charge in [-0.1, -0.05) is 6.07 Å². The van der Waals surface area contributed by atoms with Gasteiger partial charge >= 0.3 is 6.18 Å². The molecule has 0 aliphatic carbocycles. The molecular formula is C12H18F3NOS. The first kappa shape index (κ1) is 15.5. The number of ether oxygens (including phenoxy) is 1. The zero-order valence-corrected chi connectivity index (χ0v) is 11.1. The predicted molar refractivity (Wildman–Crippen MR) is 67.0 cm³/mol. The number of thiophene rings is 1. The van der Waals surface area contributed by atoms with Crippen molar-refractivity contribution < 1.29 is 17.9 Å². The van der Waals surface area contributed by atoms with E-state index in [1.165, 1.54) is 4.88 Å². The van der Waals surface area contributed by atoms with Crippen molar-refractivity contribution in [2.24, 2.45) is 0 Å². The number of rotatable bonds is 8. The molecule has 1 rings (SSSR count). The largest absolute Gasteiger partial charge is 0.411 e. The van der Waals surface area contributed by atoms with Crippen molar-refractivity contribution in [1.29, 1.82) is 0 Å². The van der Waals surface area contributed by atoms with E-state index in [2.05, 4.69) is 23.0 Å². The Balaban J connectivity index is 1.97. The van der Waals surface area contributed by atoms with Crippen LogP contribution in [0.2, 0.25) is 0 Å². The van der Waals surface area contributed by atoms with E-state index in [0.717, 1.165) is 6.42 Å². The summed E-state index contributed by atoms with van der Waals surface area (Å²) >= 11 is 1.71. The van der Waals surface area contributed by atoms with Crippen molar-refractivity contribution in [2.75, 3.05) is 19.8 Å². The SMILES string of the molecule is CC(Cc1cccs1)NCCCOCC(F)(F)F. The maximum atomic E-state index is 11.8. The Kier molecular flexibility index (Phi) is 6.67. The summed E-state index contributed by atoms with van der Waals surface area (Å²) < 4.78 is 39.8. The van der Waals surface area contributed by atoms with E-state index in [1.807, 2.05) is 11.4 Å². The highest BCUT2D eigenvalue weighted by atomic mass is 32.1. The van der Waals surface area contributed by atoms with Gasteiger partial charge in [0.05, 0.1) is 0 Å². The lowest BCUT2D eigenvalue weighted by molar-refractivity contribution is -0.173. The van der Waals surface area contributed by atoms with Crippen LogP contribution in [0.15, 0.2) is 17.5 Å². The van der Waals surface area contributed by atoms with Gasteiger partial charge in [-0.2, -0.15) is 13.2 Å². The Morgan fingerprint density at radius 1 is 1.44 bits per heavy atom. The van der Waals surface area contributed by atoms with Crippen LogP contribution in [0.5, 0.6) is 0 Å². The molecule has 0 aliphatic rings. The monoisotopic (exact) mass is 281 g/mol. The lowest BCUT2D eigenvalue weighted by atomic mass is 10.2. The molecule has 18 heavy (non-hydrogen) atoms. The molecule has 1 aromatic rings. The Morgan fingerprint density at radius 3 is 2.83 bits per heavy atom. The van der Waals surface area contributed by atoms with Crippen LogP contribution in [0.3, 0.4) is 0 Å². The van der Waals surface area contributed by atoms with Gasteiger partial charge in [0, 0.05) is 17.5 Å². The standard InChI is InChI=1S/C12H18F3NOS/c1-10(8-11-4-2-7-18-11)16-5-3-6-17-9-12(13,14)15/h2,4,7,10,16H,3,5-6,8-9H2,1H3. The van der Waals surface area contributed by atoms with Crippen LogP contribution >= 0.6 is 11.3 Å². The molecule has 0 fully saturated rings. The van der Waals surface area contributed by atoms with E-state index in [9.17, 15) is 13.2 Å². The molecule has 0 radical (unpaired) electrons. The Bertz CT molecular complexity index is 314. The lowest BCUT2D eigenvalue weighted by Gasteiger charge is -2.13. The van der Waals surface area contributed by atoms with Crippen molar-refractivity contribution in [3.05, 3.63) is 22.4 Å². The van der Waals surface area contributed by atoms with Crippen LogP contribution in [-0.2, 0) is 11.2 Å². The fourth-order valence-corrected chi connectivity index (χ4v) is 2.35. The third-order valence-corrected chi connectivity index (χ3v) is 3.21. The van der Waals surface area contributed by atoms with Crippen molar-refractivity contribution in [3.63, 3.8) is 0 Å². The number of hydrogen-bond acceptors (Lipinski definition) is 3. The molecule has 1 aromatic heterocycles. The van der Waals surface area contributed by atoms with Crippen LogP contribution in [0.1, 0.15) is 18.2 Å². The highest BCUT2D eigenvalue weighted by Gasteiger charge is 2.27. The zero-order chi connectivity index (χ0) is 13.4. The van der Waals surface area contributed by atoms with Crippen LogP contribution in [0, 0.1) is 0 Å². The molecule has 0 amide bonds. The second-order valence-electron chi connectivity index (χ2n) is 4.16. The number of hydrogen-bond donors (Lipinski definition) is 1. The highest BCUT2D eigenvalue weighted by Crippen LogP contribution is 2.14. The molecule has 1 unspecified atom stereocenters. The summed E-state index contributed by atoms with van der Waals surface area (Å²) in [5.41, 5.74) is 0. The van der Waals surface area contributed by atoms with Gasteiger partial charge in [0.2, 0.25) is 0 Å². The Hall–Kier alpha value is -0.590. The Labute approximate surface area is 109 Å². The second kappa shape index (κ2) is 7.76. The summed E-state index contributed by atoms with van der Waals surface area (Å²) in [6.45, 7) is 1.72. The molecule has 0 aromatic carbocycles. The fraction of sp³-hybridized carbons (Fsp3) is 0.667. The summed E-state index contributed by atoms with van der Waals surface area (Å²) in [4.78, 5) is 1.31. The summed E-state index contributed by atoms with van der Waals surface area (Å²) in [6.07, 6.45) is -2.69. The fourth-order valence-electron chi connectivity index (χ4n) is 1.51. The first-order chi connectivity index (χ1) is 8.47. The summed E-state index contributed by atoms with van der Waals surface area (Å²) in [5.74, 6) is 0. The minimum absolute atomic E-state index is 0.137. The van der Waals surface area contributed by atoms with Crippen molar-refractivity contribution in [2.45, 2.75) is 32.0 Å². The van der Waals surface area contributed by atoms with Gasteiger partial charge in [-0.05, 0) is 37.8 Å². The molecule has 0 bridgehead atoms. The maximum Gasteiger partial charge on any atom is 0.411 e. The quantitative estimate of drug-likeness (QED) is 0.739. The van der Waals surface area contributed by atoms with Gasteiger partial charge < -0.3 is 10.1 Å². The van der Waals surface area contributed by atoms with Gasteiger partial charge in [-0.25, -0.2) is 0 Å². The predicted octanol–water partition coefficient (Wildman–Crippen LogP) is 3.24. The first-order valence-electron chi connectivity index (χ1n) is 5.87. The second-order valence-corrected chi connectivity index (χ2v) is 5.19. The third kappa shape index (κ3) is 7.68. The summed E-state index contributed by atoms with van der Waals surface area (Å²) in [7, 11) is 0. The van der Waals surface area contributed by atoms with E-state index in [-0.39, 0.29) is 6.61 Å². The normalized spacial score (nSPS) is 13.8. The molecule has 1 heterocycles. The first-order valence-corrected chi connectivity index (χ1v) is 6.75. The minimum atomic E-state index is -4.22.